The normalized spacial score (nSPS) is 12.5. The van der Waals surface area contributed by atoms with E-state index in [4.69, 9.17) is 17.3 Å². The maximum Gasteiger partial charge on any atom is 0.263 e. The molecule has 0 fully saturated rings. The number of nitrogens with two attached hydrogens (primary N) is 1. The Bertz CT molecular complexity index is 960. The lowest BCUT2D eigenvalue weighted by atomic mass is 10.1. The lowest BCUT2D eigenvalue weighted by Crippen LogP contribution is -2.34. The Morgan fingerprint density at radius 3 is 2.61 bits per heavy atom. The van der Waals surface area contributed by atoms with E-state index in [0.717, 1.165) is 11.1 Å². The van der Waals surface area contributed by atoms with E-state index >= 15 is 0 Å². The van der Waals surface area contributed by atoms with Crippen LogP contribution in [0.2, 0.25) is 5.02 Å². The van der Waals surface area contributed by atoms with Gasteiger partial charge in [0.25, 0.3) is 5.56 Å². The molecule has 0 radical (unpaired) electrons. The smallest absolute Gasteiger partial charge is 0.263 e. The fourth-order valence-corrected chi connectivity index (χ4v) is 3.64. The van der Waals surface area contributed by atoms with Gasteiger partial charge in [-0.25, -0.2) is 4.98 Å². The summed E-state index contributed by atoms with van der Waals surface area (Å²) in [5.74, 6) is -0.0991. The highest BCUT2D eigenvalue weighted by atomic mass is 35.5. The second-order valence-electron chi connectivity index (χ2n) is 5.25. The molecule has 3 aromatic rings. The summed E-state index contributed by atoms with van der Waals surface area (Å²) in [7, 11) is 0. The van der Waals surface area contributed by atoms with E-state index in [1.165, 1.54) is 15.9 Å². The maximum atomic E-state index is 12.9. The molecule has 1 aromatic carbocycles. The summed E-state index contributed by atoms with van der Waals surface area (Å²) in [4.78, 5) is 29.5. The van der Waals surface area contributed by atoms with Crippen LogP contribution in [0, 0.1) is 6.92 Å². The van der Waals surface area contributed by atoms with Gasteiger partial charge in [0, 0.05) is 16.0 Å². The Morgan fingerprint density at radius 1 is 1.35 bits per heavy atom. The molecule has 5 nitrogen and oxygen atoms in total. The molecule has 0 saturated heterocycles. The van der Waals surface area contributed by atoms with E-state index in [1.54, 1.807) is 26.0 Å². The van der Waals surface area contributed by atoms with Gasteiger partial charge in [-0.1, -0.05) is 23.7 Å². The number of rotatable bonds is 3. The van der Waals surface area contributed by atoms with Crippen molar-refractivity contribution in [2.24, 2.45) is 5.73 Å². The Balaban J connectivity index is 2.31. The van der Waals surface area contributed by atoms with Gasteiger partial charge in [-0.05, 0) is 31.5 Å². The maximum absolute atomic E-state index is 12.9. The molecule has 0 saturated carbocycles. The van der Waals surface area contributed by atoms with E-state index in [9.17, 15) is 9.59 Å². The summed E-state index contributed by atoms with van der Waals surface area (Å²) in [6.45, 7) is 3.29. The first-order valence-electron chi connectivity index (χ1n) is 6.95. The zero-order valence-corrected chi connectivity index (χ0v) is 14.1. The van der Waals surface area contributed by atoms with Crippen molar-refractivity contribution < 1.29 is 4.79 Å². The number of amides is 1. The van der Waals surface area contributed by atoms with Gasteiger partial charge in [-0.2, -0.15) is 0 Å². The second kappa shape index (κ2) is 5.79. The predicted molar refractivity (Wildman–Crippen MR) is 93.0 cm³/mol. The molecule has 2 heterocycles. The first-order valence-corrected chi connectivity index (χ1v) is 8.21. The lowest BCUT2D eigenvalue weighted by molar-refractivity contribution is -0.120. The quantitative estimate of drug-likeness (QED) is 0.790. The lowest BCUT2D eigenvalue weighted by Gasteiger charge is -2.14. The molecule has 1 unspecified atom stereocenters. The number of carbonyl (C=O) groups excluding carboxylic acids is 1. The number of thiophene rings is 1. The average Bonchev–Trinajstić information content (AvgIpc) is 2.91. The van der Waals surface area contributed by atoms with Crippen LogP contribution in [0.5, 0.6) is 0 Å². The van der Waals surface area contributed by atoms with Gasteiger partial charge >= 0.3 is 0 Å². The molecular formula is C16H14ClN3O2S. The van der Waals surface area contributed by atoms with Crippen molar-refractivity contribution in [1.29, 1.82) is 0 Å². The van der Waals surface area contributed by atoms with Crippen LogP contribution in [0.25, 0.3) is 21.3 Å². The predicted octanol–water partition coefficient (Wildman–Crippen LogP) is 3.13. The molecule has 2 aromatic heterocycles. The van der Waals surface area contributed by atoms with E-state index in [-0.39, 0.29) is 5.56 Å². The number of nitrogens with zero attached hydrogens (tertiary/aromatic N) is 2. The van der Waals surface area contributed by atoms with Crippen molar-refractivity contribution in [3.8, 4) is 11.1 Å². The molecule has 0 aliphatic heterocycles. The highest BCUT2D eigenvalue weighted by molar-refractivity contribution is 7.17. The number of carbonyl (C=O) groups is 1. The van der Waals surface area contributed by atoms with Crippen LogP contribution < -0.4 is 11.3 Å². The van der Waals surface area contributed by atoms with Gasteiger partial charge in [-0.3, -0.25) is 14.2 Å². The molecule has 3 rings (SSSR count). The molecule has 1 atom stereocenters. The van der Waals surface area contributed by atoms with Gasteiger partial charge in [0.2, 0.25) is 5.91 Å². The van der Waals surface area contributed by atoms with Crippen LogP contribution in [-0.2, 0) is 4.79 Å². The first kappa shape index (κ1) is 15.7. The van der Waals surface area contributed by atoms with E-state index in [1.807, 2.05) is 17.5 Å². The number of halogens is 1. The third-order valence-corrected chi connectivity index (χ3v) is 4.89. The first-order chi connectivity index (χ1) is 10.9. The molecule has 0 bridgehead atoms. The summed E-state index contributed by atoms with van der Waals surface area (Å²) >= 11 is 7.31. The zero-order valence-electron chi connectivity index (χ0n) is 12.5. The monoisotopic (exact) mass is 347 g/mol. The highest BCUT2D eigenvalue weighted by Gasteiger charge is 2.20. The van der Waals surface area contributed by atoms with E-state index < -0.39 is 11.9 Å². The molecule has 0 spiro atoms. The van der Waals surface area contributed by atoms with Crippen LogP contribution in [0.1, 0.15) is 18.8 Å². The highest BCUT2D eigenvalue weighted by Crippen LogP contribution is 2.32. The number of primary amides is 1. The molecule has 2 N–H and O–H groups in total. The Kier molecular flexibility index (Phi) is 3.95. The number of hydrogen-bond acceptors (Lipinski definition) is 4. The summed E-state index contributed by atoms with van der Waals surface area (Å²) in [5.41, 5.74) is 6.75. The summed E-state index contributed by atoms with van der Waals surface area (Å²) < 4.78 is 1.34. The van der Waals surface area contributed by atoms with Crippen LogP contribution in [-0.4, -0.2) is 15.5 Å². The van der Waals surface area contributed by atoms with Gasteiger partial charge in [0.05, 0.1) is 5.39 Å². The number of hydrogen-bond donors (Lipinski definition) is 1. The minimum atomic E-state index is -0.752. The summed E-state index contributed by atoms with van der Waals surface area (Å²) in [5, 5.41) is 3.01. The fourth-order valence-electron chi connectivity index (χ4n) is 2.53. The second-order valence-corrected chi connectivity index (χ2v) is 6.54. The van der Waals surface area contributed by atoms with Crippen LogP contribution in [0.4, 0.5) is 0 Å². The fraction of sp³-hybridized carbons (Fsp3) is 0.188. The minimum absolute atomic E-state index is 0.259. The number of fused-ring (bicyclic) bond motifs is 1. The van der Waals surface area contributed by atoms with Crippen LogP contribution in [0.3, 0.4) is 0 Å². The molecule has 118 valence electrons. The summed E-state index contributed by atoms with van der Waals surface area (Å²) in [6, 6.07) is 6.49. The minimum Gasteiger partial charge on any atom is -0.368 e. The van der Waals surface area contributed by atoms with Crippen molar-refractivity contribution in [2.45, 2.75) is 19.9 Å². The average molecular weight is 348 g/mol. The Hall–Kier alpha value is -2.18. The Labute approximate surface area is 141 Å². The van der Waals surface area contributed by atoms with Gasteiger partial charge in [0.15, 0.2) is 0 Å². The van der Waals surface area contributed by atoms with Crippen molar-refractivity contribution in [1.82, 2.24) is 9.55 Å². The van der Waals surface area contributed by atoms with Crippen LogP contribution in [0.15, 0.2) is 34.4 Å². The van der Waals surface area contributed by atoms with Crippen LogP contribution >= 0.6 is 22.9 Å². The molecule has 0 aliphatic carbocycles. The third kappa shape index (κ3) is 2.64. The van der Waals surface area contributed by atoms with Crippen molar-refractivity contribution in [3.05, 3.63) is 50.8 Å². The number of benzene rings is 1. The van der Waals surface area contributed by atoms with Crippen molar-refractivity contribution in [3.63, 3.8) is 0 Å². The van der Waals surface area contributed by atoms with E-state index in [2.05, 4.69) is 4.98 Å². The van der Waals surface area contributed by atoms with Crippen molar-refractivity contribution in [2.75, 3.05) is 0 Å². The number of aromatic nitrogens is 2. The van der Waals surface area contributed by atoms with Gasteiger partial charge < -0.3 is 5.73 Å². The SMILES string of the molecule is Cc1nc2scc(-c3ccc(Cl)cc3)c2c(=O)n1C(C)C(N)=O. The Morgan fingerprint density at radius 2 is 2.00 bits per heavy atom. The molecule has 23 heavy (non-hydrogen) atoms. The molecule has 7 heteroatoms. The molecule has 1 amide bonds. The summed E-state index contributed by atoms with van der Waals surface area (Å²) in [6.07, 6.45) is 0. The largest absolute Gasteiger partial charge is 0.368 e. The topological polar surface area (TPSA) is 78.0 Å². The standard InChI is InChI=1S/C16H14ClN3O2S/c1-8(14(18)21)20-9(2)19-15-13(16(20)22)12(7-23-15)10-3-5-11(17)6-4-10/h3-8H,1-2H3,(H2,18,21). The van der Waals surface area contributed by atoms with E-state index in [0.29, 0.717) is 21.1 Å². The number of aryl methyl sites for hydroxylation is 1. The molecule has 0 aliphatic rings. The van der Waals surface area contributed by atoms with Gasteiger partial charge in [-0.15, -0.1) is 11.3 Å². The van der Waals surface area contributed by atoms with Crippen molar-refractivity contribution >= 4 is 39.1 Å². The zero-order chi connectivity index (χ0) is 16.7. The third-order valence-electron chi connectivity index (χ3n) is 3.77. The molecular weight excluding hydrogens is 334 g/mol. The van der Waals surface area contributed by atoms with Gasteiger partial charge in [0.1, 0.15) is 16.7 Å².